The zero-order chi connectivity index (χ0) is 25.3. The van der Waals surface area contributed by atoms with Crippen LogP contribution in [0.2, 0.25) is 5.02 Å². The lowest BCUT2D eigenvalue weighted by Crippen LogP contribution is -2.12. The number of nitrogens with zero attached hydrogens (tertiary/aromatic N) is 1. The molecule has 3 aromatic carbocycles. The molecule has 0 amide bonds. The number of nitrogens with one attached hydrogen (secondary N) is 1. The maximum atomic E-state index is 14.1. The fourth-order valence-corrected chi connectivity index (χ4v) is 3.79. The SMILES string of the molecule is COc1ccc2c(c1OC)C(=O)OC2C/C(=N\Nc1c(F)c(F)cc(F)c1F)c1ccc(Cl)cc1. The van der Waals surface area contributed by atoms with Gasteiger partial charge >= 0.3 is 5.97 Å². The van der Waals surface area contributed by atoms with Crippen molar-refractivity contribution in [3.63, 3.8) is 0 Å². The molecule has 0 aliphatic carbocycles. The summed E-state index contributed by atoms with van der Waals surface area (Å²) in [7, 11) is 2.80. The molecule has 0 spiro atoms. The summed E-state index contributed by atoms with van der Waals surface area (Å²) in [4.78, 5) is 12.6. The van der Waals surface area contributed by atoms with Gasteiger partial charge in [-0.3, -0.25) is 5.43 Å². The standard InChI is InChI=1S/C24H17ClF4N2O4/c1-33-17-8-7-13-18(35-24(32)19(13)23(17)34-2)10-16(11-3-5-12(25)6-4-11)30-31-22-20(28)14(26)9-15(27)21(22)29/h3-9,18,31H,10H2,1-2H3/b30-16+. The first kappa shape index (κ1) is 24.3. The molecule has 1 aliphatic rings. The number of esters is 1. The number of ether oxygens (including phenoxy) is 3. The van der Waals surface area contributed by atoms with Crippen LogP contribution in [0.3, 0.4) is 0 Å². The van der Waals surface area contributed by atoms with E-state index in [-0.39, 0.29) is 29.5 Å². The van der Waals surface area contributed by atoms with E-state index in [0.29, 0.717) is 21.9 Å². The van der Waals surface area contributed by atoms with Gasteiger partial charge in [0.2, 0.25) is 0 Å². The number of carbonyl (C=O) groups excluding carboxylic acids is 1. The number of hydrazone groups is 1. The highest BCUT2D eigenvalue weighted by atomic mass is 35.5. The lowest BCUT2D eigenvalue weighted by molar-refractivity contribution is 0.0398. The predicted molar refractivity (Wildman–Crippen MR) is 120 cm³/mol. The largest absolute Gasteiger partial charge is 0.493 e. The van der Waals surface area contributed by atoms with Gasteiger partial charge in [-0.1, -0.05) is 29.8 Å². The number of methoxy groups -OCH3 is 2. The maximum absolute atomic E-state index is 14.1. The number of anilines is 1. The summed E-state index contributed by atoms with van der Waals surface area (Å²) < 4.78 is 71.5. The second-order valence-electron chi connectivity index (χ2n) is 7.38. The van der Waals surface area contributed by atoms with Crippen LogP contribution in [0.15, 0.2) is 47.6 Å². The van der Waals surface area contributed by atoms with Crippen LogP contribution in [0.1, 0.15) is 34.0 Å². The van der Waals surface area contributed by atoms with E-state index >= 15 is 0 Å². The average molecular weight is 509 g/mol. The van der Waals surface area contributed by atoms with Gasteiger partial charge in [-0.2, -0.15) is 5.10 Å². The van der Waals surface area contributed by atoms with Crippen LogP contribution < -0.4 is 14.9 Å². The molecule has 1 atom stereocenters. The smallest absolute Gasteiger partial charge is 0.343 e. The first-order valence-corrected chi connectivity index (χ1v) is 10.5. The van der Waals surface area contributed by atoms with Gasteiger partial charge in [0.15, 0.2) is 34.8 Å². The molecule has 0 radical (unpaired) electrons. The van der Waals surface area contributed by atoms with Crippen molar-refractivity contribution in [3.05, 3.63) is 87.4 Å². The first-order chi connectivity index (χ1) is 16.7. The van der Waals surface area contributed by atoms with Crippen LogP contribution in [0.4, 0.5) is 23.2 Å². The Hall–Kier alpha value is -3.79. The Morgan fingerprint density at radius 3 is 2.29 bits per heavy atom. The minimum absolute atomic E-state index is 0.0656. The summed E-state index contributed by atoms with van der Waals surface area (Å²) in [6.07, 6.45) is -0.920. The van der Waals surface area contributed by atoms with Crippen LogP contribution >= 0.6 is 11.6 Å². The van der Waals surface area contributed by atoms with Crippen LogP contribution in [0.25, 0.3) is 0 Å². The quantitative estimate of drug-likeness (QED) is 0.139. The number of benzene rings is 3. The second kappa shape index (κ2) is 9.83. The molecular weight excluding hydrogens is 492 g/mol. The minimum atomic E-state index is -1.64. The third kappa shape index (κ3) is 4.61. The molecule has 4 rings (SSSR count). The number of halogens is 5. The van der Waals surface area contributed by atoms with Crippen molar-refractivity contribution in [1.82, 2.24) is 0 Å². The van der Waals surface area contributed by atoms with Gasteiger partial charge in [0.25, 0.3) is 0 Å². The summed E-state index contributed by atoms with van der Waals surface area (Å²) in [5, 5.41) is 4.42. The fraction of sp³-hybridized carbons (Fsp3) is 0.167. The van der Waals surface area contributed by atoms with Crippen molar-refractivity contribution in [2.45, 2.75) is 12.5 Å². The second-order valence-corrected chi connectivity index (χ2v) is 7.82. The normalized spacial score (nSPS) is 15.0. The third-order valence-electron chi connectivity index (χ3n) is 5.35. The van der Waals surface area contributed by atoms with Gasteiger partial charge in [0, 0.05) is 23.1 Å². The van der Waals surface area contributed by atoms with Crippen molar-refractivity contribution in [2.75, 3.05) is 19.6 Å². The molecule has 0 saturated heterocycles. The van der Waals surface area contributed by atoms with E-state index in [1.165, 1.54) is 14.2 Å². The summed E-state index contributed by atoms with van der Waals surface area (Å²) in [5.41, 5.74) is 2.21. The van der Waals surface area contributed by atoms with E-state index in [2.05, 4.69) is 10.5 Å². The molecule has 182 valence electrons. The van der Waals surface area contributed by atoms with Gasteiger partial charge in [0.1, 0.15) is 17.4 Å². The Balaban J connectivity index is 1.74. The Morgan fingerprint density at radius 1 is 1.03 bits per heavy atom. The number of fused-ring (bicyclic) bond motifs is 1. The lowest BCUT2D eigenvalue weighted by Gasteiger charge is -2.15. The van der Waals surface area contributed by atoms with E-state index in [1.54, 1.807) is 36.4 Å². The molecular formula is C24H17ClF4N2O4. The average Bonchev–Trinajstić information content (AvgIpc) is 3.17. The van der Waals surface area contributed by atoms with Gasteiger partial charge in [-0.05, 0) is 23.8 Å². The zero-order valence-electron chi connectivity index (χ0n) is 18.3. The van der Waals surface area contributed by atoms with E-state index in [9.17, 15) is 22.4 Å². The molecule has 35 heavy (non-hydrogen) atoms. The Morgan fingerprint density at radius 2 is 1.69 bits per heavy atom. The number of hydrogen-bond donors (Lipinski definition) is 1. The molecule has 0 saturated carbocycles. The molecule has 1 unspecified atom stereocenters. The maximum Gasteiger partial charge on any atom is 0.343 e. The Labute approximate surface area is 202 Å². The molecule has 1 N–H and O–H groups in total. The summed E-state index contributed by atoms with van der Waals surface area (Å²) in [6, 6.07) is 9.58. The molecule has 3 aromatic rings. The number of hydrogen-bond acceptors (Lipinski definition) is 6. The molecule has 0 fully saturated rings. The Bertz CT molecular complexity index is 1310. The zero-order valence-corrected chi connectivity index (χ0v) is 19.1. The van der Waals surface area contributed by atoms with Crippen LogP contribution in [0.5, 0.6) is 11.5 Å². The van der Waals surface area contributed by atoms with E-state index in [1.807, 2.05) is 0 Å². The highest BCUT2D eigenvalue weighted by Gasteiger charge is 2.36. The van der Waals surface area contributed by atoms with Crippen LogP contribution in [-0.4, -0.2) is 25.9 Å². The van der Waals surface area contributed by atoms with E-state index in [4.69, 9.17) is 25.8 Å². The number of rotatable bonds is 7. The molecule has 11 heteroatoms. The van der Waals surface area contributed by atoms with Crippen molar-refractivity contribution < 1.29 is 36.6 Å². The lowest BCUT2D eigenvalue weighted by atomic mass is 9.97. The molecule has 6 nitrogen and oxygen atoms in total. The van der Waals surface area contributed by atoms with Gasteiger partial charge in [0.05, 0.1) is 19.9 Å². The molecule has 1 aliphatic heterocycles. The predicted octanol–water partition coefficient (Wildman–Crippen LogP) is 6.03. The van der Waals surface area contributed by atoms with Crippen molar-refractivity contribution >= 4 is 29.0 Å². The van der Waals surface area contributed by atoms with Crippen molar-refractivity contribution in [2.24, 2.45) is 5.10 Å². The summed E-state index contributed by atoms with van der Waals surface area (Å²) in [6.45, 7) is 0. The monoisotopic (exact) mass is 508 g/mol. The van der Waals surface area contributed by atoms with Crippen LogP contribution in [0, 0.1) is 23.3 Å². The van der Waals surface area contributed by atoms with E-state index < -0.39 is 41.0 Å². The minimum Gasteiger partial charge on any atom is -0.493 e. The number of cyclic esters (lactones) is 1. The molecule has 0 bridgehead atoms. The third-order valence-corrected chi connectivity index (χ3v) is 5.60. The van der Waals surface area contributed by atoms with Crippen molar-refractivity contribution in [3.8, 4) is 11.5 Å². The van der Waals surface area contributed by atoms with Crippen molar-refractivity contribution in [1.29, 1.82) is 0 Å². The number of carbonyl (C=O) groups is 1. The van der Waals surface area contributed by atoms with Crippen LogP contribution in [-0.2, 0) is 4.74 Å². The first-order valence-electron chi connectivity index (χ1n) is 10.1. The summed E-state index contributed by atoms with van der Waals surface area (Å²) >= 11 is 5.95. The topological polar surface area (TPSA) is 69.2 Å². The van der Waals surface area contributed by atoms with Gasteiger partial charge < -0.3 is 14.2 Å². The van der Waals surface area contributed by atoms with E-state index in [0.717, 1.165) is 0 Å². The molecule has 0 aromatic heterocycles. The Kier molecular flexibility index (Phi) is 6.83. The highest BCUT2D eigenvalue weighted by Crippen LogP contribution is 2.43. The van der Waals surface area contributed by atoms with Gasteiger partial charge in [-0.15, -0.1) is 0 Å². The van der Waals surface area contributed by atoms with Gasteiger partial charge in [-0.25, -0.2) is 22.4 Å². The summed E-state index contributed by atoms with van der Waals surface area (Å²) in [5.74, 6) is -6.59. The molecule has 1 heterocycles. The highest BCUT2D eigenvalue weighted by molar-refractivity contribution is 6.30. The fourth-order valence-electron chi connectivity index (χ4n) is 3.66.